The van der Waals surface area contributed by atoms with Gasteiger partial charge in [0.25, 0.3) is 11.8 Å². The molecule has 3 heterocycles. The molecule has 0 saturated heterocycles. The van der Waals surface area contributed by atoms with Crippen molar-refractivity contribution in [2.45, 2.75) is 52.5 Å². The fraction of sp³-hybridized carbons (Fsp3) is 0.270. The smallest absolute Gasteiger partial charge is 0.333 e. The highest BCUT2D eigenvalue weighted by Gasteiger charge is 2.35. The van der Waals surface area contributed by atoms with Crippen molar-refractivity contribution in [1.82, 2.24) is 34.6 Å². The number of nitrogens with zero attached hydrogens (tertiary/aromatic N) is 5. The third-order valence-corrected chi connectivity index (χ3v) is 9.67. The maximum Gasteiger partial charge on any atom is 0.333 e. The summed E-state index contributed by atoms with van der Waals surface area (Å²) in [7, 11) is 1.87. The van der Waals surface area contributed by atoms with Gasteiger partial charge in [-0.2, -0.15) is 0 Å². The summed E-state index contributed by atoms with van der Waals surface area (Å²) in [4.78, 5) is 52.8. The second-order valence-corrected chi connectivity index (χ2v) is 13.0. The van der Waals surface area contributed by atoms with E-state index in [-0.39, 0.29) is 49.0 Å². The fourth-order valence-corrected chi connectivity index (χ4v) is 6.14. The van der Waals surface area contributed by atoms with Gasteiger partial charge in [0.05, 0.1) is 17.9 Å². The van der Waals surface area contributed by atoms with Crippen LogP contribution in [0, 0.1) is 6.92 Å². The van der Waals surface area contributed by atoms with Gasteiger partial charge in [0.1, 0.15) is 18.1 Å². The summed E-state index contributed by atoms with van der Waals surface area (Å²) in [6.07, 6.45) is 3.34. The molecule has 0 fully saturated rings. The van der Waals surface area contributed by atoms with Gasteiger partial charge in [-0.3, -0.25) is 18.7 Å². The number of hydrogen-bond acceptors (Lipinski definition) is 7. The predicted octanol–water partition coefficient (Wildman–Crippen LogP) is 5.13. The Morgan fingerprint density at radius 1 is 1.04 bits per heavy atom. The molecule has 1 unspecified atom stereocenters. The number of hydrogen-bond donors (Lipinski definition) is 2. The first-order valence-corrected chi connectivity index (χ1v) is 16.9. The molecule has 5 aromatic rings. The molecule has 1 aliphatic heterocycles. The molecule has 2 N–H and O–H groups in total. The molecule has 2 amide bonds. The van der Waals surface area contributed by atoms with Crippen molar-refractivity contribution < 1.29 is 14.3 Å². The number of imidazole rings is 1. The third kappa shape index (κ3) is 7.06. The zero-order valence-corrected chi connectivity index (χ0v) is 29.4. The summed E-state index contributed by atoms with van der Waals surface area (Å²) in [5.74, 6) is 0.571. The number of nitrogens with one attached hydrogen (secondary N) is 2. The highest BCUT2D eigenvalue weighted by molar-refractivity contribution is 9.10. The number of carbonyl (C=O) groups excluding carboxylic acids is 2. The molecule has 1 aliphatic rings. The van der Waals surface area contributed by atoms with Crippen molar-refractivity contribution in [1.29, 1.82) is 0 Å². The van der Waals surface area contributed by atoms with Gasteiger partial charge in [0.15, 0.2) is 5.82 Å². The minimum Gasteiger partial charge on any atom is -0.492 e. The van der Waals surface area contributed by atoms with E-state index in [1.807, 2.05) is 64.2 Å². The summed E-state index contributed by atoms with van der Waals surface area (Å²) in [5, 5.41) is 6.18. The number of aryl methyl sites for hydroxylation is 1. The number of rotatable bonds is 10. The summed E-state index contributed by atoms with van der Waals surface area (Å²) in [5.41, 5.74) is 3.88. The summed E-state index contributed by atoms with van der Waals surface area (Å²) in [6, 6.07) is 21.8. The van der Waals surface area contributed by atoms with Crippen molar-refractivity contribution in [3.05, 3.63) is 128 Å². The van der Waals surface area contributed by atoms with Gasteiger partial charge in [-0.25, -0.2) is 14.8 Å². The van der Waals surface area contributed by atoms with E-state index >= 15 is 0 Å². The molecule has 2 atom stereocenters. The molecule has 0 bridgehead atoms. The number of ether oxygens (including phenoxy) is 1. The molecule has 11 nitrogen and oxygen atoms in total. The third-order valence-electron chi connectivity index (χ3n) is 8.78. The van der Waals surface area contributed by atoms with E-state index in [1.54, 1.807) is 58.3 Å². The first kappa shape index (κ1) is 33.8. The number of benzene rings is 3. The van der Waals surface area contributed by atoms with Crippen LogP contribution in [-0.4, -0.2) is 61.6 Å². The van der Waals surface area contributed by atoms with Crippen LogP contribution in [0.4, 0.5) is 0 Å². The topological polar surface area (TPSA) is 123 Å². The van der Waals surface area contributed by atoms with E-state index in [1.165, 1.54) is 4.57 Å². The molecule has 0 radical (unpaired) electrons. The Morgan fingerprint density at radius 3 is 2.49 bits per heavy atom. The average molecular weight is 725 g/mol. The van der Waals surface area contributed by atoms with E-state index in [0.29, 0.717) is 35.1 Å². The lowest BCUT2D eigenvalue weighted by molar-refractivity contribution is 0.0610. The van der Waals surface area contributed by atoms with E-state index in [0.717, 1.165) is 21.2 Å². The highest BCUT2D eigenvalue weighted by atomic mass is 79.9. The number of carbonyl (C=O) groups is 2. The zero-order chi connectivity index (χ0) is 34.7. The molecule has 6 rings (SSSR count). The van der Waals surface area contributed by atoms with Gasteiger partial charge in [0.2, 0.25) is 0 Å². The van der Waals surface area contributed by atoms with Crippen LogP contribution in [0.1, 0.15) is 51.5 Å². The van der Waals surface area contributed by atoms with Crippen molar-refractivity contribution in [3.63, 3.8) is 0 Å². The van der Waals surface area contributed by atoms with E-state index in [9.17, 15) is 14.4 Å². The van der Waals surface area contributed by atoms with Crippen LogP contribution in [-0.2, 0) is 19.6 Å². The molecule has 252 valence electrons. The molecule has 3 aromatic carbocycles. The maximum atomic E-state index is 14.3. The van der Waals surface area contributed by atoms with Crippen LogP contribution in [0.5, 0.6) is 5.75 Å². The molecule has 0 aliphatic carbocycles. The van der Waals surface area contributed by atoms with E-state index in [4.69, 9.17) is 4.74 Å². The Hall–Kier alpha value is -5.07. The largest absolute Gasteiger partial charge is 0.492 e. The van der Waals surface area contributed by atoms with Gasteiger partial charge >= 0.3 is 5.69 Å². The van der Waals surface area contributed by atoms with Crippen LogP contribution in [0.3, 0.4) is 0 Å². The first-order valence-electron chi connectivity index (χ1n) is 16.1. The molecule has 49 heavy (non-hydrogen) atoms. The minimum atomic E-state index is -0.445. The number of amides is 2. The molecule has 0 spiro atoms. The average Bonchev–Trinajstić information content (AvgIpc) is 3.41. The minimum absolute atomic E-state index is 0.0810. The molecule has 2 aromatic heterocycles. The Morgan fingerprint density at radius 2 is 1.78 bits per heavy atom. The van der Waals surface area contributed by atoms with E-state index in [2.05, 4.69) is 36.5 Å². The van der Waals surface area contributed by atoms with Crippen molar-refractivity contribution in [3.8, 4) is 22.8 Å². The molecule has 12 heteroatoms. The van der Waals surface area contributed by atoms with Crippen LogP contribution in [0.25, 0.3) is 17.1 Å². The maximum absolute atomic E-state index is 14.3. The lowest BCUT2D eigenvalue weighted by Crippen LogP contribution is -2.47. The number of halogens is 1. The SMILES string of the molecule is CN[C@H](C)COc1ccc(-n2c(C(=O)NCc3ccccc3-c3ncccn3)c3n(c2=O)CC(C)N(C(=O)c2ccc(Br)c(C)c2)C3)cc1. The number of likely N-dealkylation sites (N-methyl/N-ethyl adjacent to an activating group) is 1. The fourth-order valence-electron chi connectivity index (χ4n) is 5.89. The number of aromatic nitrogens is 4. The van der Waals surface area contributed by atoms with Gasteiger partial charge < -0.3 is 20.3 Å². The highest BCUT2D eigenvalue weighted by Crippen LogP contribution is 2.27. The van der Waals surface area contributed by atoms with Crippen molar-refractivity contribution in [2.75, 3.05) is 13.7 Å². The number of fused-ring (bicyclic) bond motifs is 1. The van der Waals surface area contributed by atoms with E-state index < -0.39 is 5.91 Å². The van der Waals surface area contributed by atoms with Crippen LogP contribution in [0.2, 0.25) is 0 Å². The summed E-state index contributed by atoms with van der Waals surface area (Å²) < 4.78 is 9.85. The van der Waals surface area contributed by atoms with Crippen LogP contribution < -0.4 is 21.1 Å². The first-order chi connectivity index (χ1) is 23.7. The normalized spacial score (nSPS) is 14.6. The monoisotopic (exact) mass is 723 g/mol. The summed E-state index contributed by atoms with van der Waals surface area (Å²) >= 11 is 3.51. The second kappa shape index (κ2) is 14.6. The lowest BCUT2D eigenvalue weighted by Gasteiger charge is -2.34. The standard InChI is InChI=1S/C37H38BrN7O4/c1-23-18-26(10-15-31(23)38)36(47)43-21-32-33(35(46)42-19-27-8-5-6-9-30(27)34-40-16-7-17-41-34)45(37(48)44(32)20-25(43)3)28-11-13-29(14-12-28)49-22-24(2)39-4/h5-18,24-25,39H,19-22H2,1-4H3,(H,42,46)/t24-,25?/m1/s1. The van der Waals surface area contributed by atoms with Crippen molar-refractivity contribution in [2.24, 2.45) is 0 Å². The molecular formula is C37H38BrN7O4. The van der Waals surface area contributed by atoms with Gasteiger partial charge in [-0.05, 0) is 87.5 Å². The quantitative estimate of drug-likeness (QED) is 0.205. The summed E-state index contributed by atoms with van der Waals surface area (Å²) in [6.45, 7) is 6.82. The van der Waals surface area contributed by atoms with Gasteiger partial charge in [-0.1, -0.05) is 40.2 Å². The molecule has 0 saturated carbocycles. The lowest BCUT2D eigenvalue weighted by atomic mass is 10.1. The van der Waals surface area contributed by atoms with Crippen LogP contribution in [0.15, 0.2) is 94.5 Å². The molecular weight excluding hydrogens is 686 g/mol. The predicted molar refractivity (Wildman–Crippen MR) is 191 cm³/mol. The Bertz CT molecular complexity index is 2040. The van der Waals surface area contributed by atoms with Crippen LogP contribution >= 0.6 is 15.9 Å². The Balaban J connectivity index is 1.37. The van der Waals surface area contributed by atoms with Gasteiger partial charge in [-0.15, -0.1) is 0 Å². The Labute approximate surface area is 293 Å². The second-order valence-electron chi connectivity index (χ2n) is 12.2. The Kier molecular flexibility index (Phi) is 10.1. The van der Waals surface area contributed by atoms with Crippen molar-refractivity contribution >= 4 is 27.7 Å². The zero-order valence-electron chi connectivity index (χ0n) is 27.8. The van der Waals surface area contributed by atoms with Gasteiger partial charge in [0, 0.05) is 53.2 Å².